The van der Waals surface area contributed by atoms with E-state index in [-0.39, 0.29) is 23.3 Å². The van der Waals surface area contributed by atoms with Gasteiger partial charge in [-0.2, -0.15) is 0 Å². The van der Waals surface area contributed by atoms with Gasteiger partial charge in [0.15, 0.2) is 9.84 Å². The zero-order chi connectivity index (χ0) is 15.9. The van der Waals surface area contributed by atoms with Crippen LogP contribution in [-0.2, 0) is 22.8 Å². The summed E-state index contributed by atoms with van der Waals surface area (Å²) in [5.74, 6) is 0.0509. The smallest absolute Gasteiger partial charge is 0.371 e. The zero-order valence-corrected chi connectivity index (χ0v) is 13.4. The summed E-state index contributed by atoms with van der Waals surface area (Å²) in [4.78, 5) is 13.3. The van der Waals surface area contributed by atoms with Crippen molar-refractivity contribution in [3.63, 3.8) is 0 Å². The second-order valence-corrected chi connectivity index (χ2v) is 8.41. The lowest BCUT2D eigenvalue weighted by Gasteiger charge is -2.27. The van der Waals surface area contributed by atoms with Gasteiger partial charge in [-0.3, -0.25) is 4.90 Å². The second-order valence-electron chi connectivity index (χ2n) is 6.18. The van der Waals surface area contributed by atoms with Gasteiger partial charge in [0, 0.05) is 30.6 Å². The lowest BCUT2D eigenvalue weighted by molar-refractivity contribution is 0.0660. The van der Waals surface area contributed by atoms with Crippen molar-refractivity contribution in [2.75, 3.05) is 11.5 Å². The number of carboxylic acids is 1. The van der Waals surface area contributed by atoms with Crippen LogP contribution < -0.4 is 0 Å². The molecule has 1 aromatic rings. The fraction of sp³-hybridized carbons (Fsp3) is 0.667. The molecule has 0 amide bonds. The van der Waals surface area contributed by atoms with E-state index in [1.165, 1.54) is 0 Å². The summed E-state index contributed by atoms with van der Waals surface area (Å²) in [5.41, 5.74) is 0.871. The Morgan fingerprint density at radius 1 is 1.36 bits per heavy atom. The van der Waals surface area contributed by atoms with Crippen molar-refractivity contribution >= 4 is 15.8 Å². The molecule has 1 saturated heterocycles. The Morgan fingerprint density at radius 2 is 2.09 bits per heavy atom. The van der Waals surface area contributed by atoms with E-state index in [9.17, 15) is 13.2 Å². The maximum atomic E-state index is 11.7. The number of nitrogens with zero attached hydrogens (tertiary/aromatic N) is 1. The van der Waals surface area contributed by atoms with E-state index in [1.807, 2.05) is 6.92 Å². The fourth-order valence-electron chi connectivity index (χ4n) is 3.20. The number of aryl methyl sites for hydroxylation is 1. The number of carbonyl (C=O) groups is 1. The van der Waals surface area contributed by atoms with Gasteiger partial charge in [0.25, 0.3) is 0 Å². The predicted molar refractivity (Wildman–Crippen MR) is 80.7 cm³/mol. The fourth-order valence-corrected chi connectivity index (χ4v) is 4.94. The maximum absolute atomic E-state index is 11.7. The van der Waals surface area contributed by atoms with Crippen molar-refractivity contribution in [3.05, 3.63) is 23.2 Å². The number of carboxylic acid groups (broad SMARTS) is 1. The van der Waals surface area contributed by atoms with E-state index in [1.54, 1.807) is 6.07 Å². The summed E-state index contributed by atoms with van der Waals surface area (Å²) in [6.07, 6.45) is 3.47. The van der Waals surface area contributed by atoms with Crippen LogP contribution >= 0.6 is 0 Å². The number of aromatic carboxylic acids is 1. The lowest BCUT2D eigenvalue weighted by Crippen LogP contribution is -2.37. The van der Waals surface area contributed by atoms with Crippen molar-refractivity contribution in [1.29, 1.82) is 0 Å². The largest absolute Gasteiger partial charge is 0.475 e. The Balaban J connectivity index is 1.81. The molecule has 2 heterocycles. The third-order valence-electron chi connectivity index (χ3n) is 4.47. The Kier molecular flexibility index (Phi) is 4.03. The highest BCUT2D eigenvalue weighted by atomic mass is 32.2. The molecule has 122 valence electrons. The summed E-state index contributed by atoms with van der Waals surface area (Å²) in [7, 11) is -2.92. The number of furan rings is 1. The molecule has 6 nitrogen and oxygen atoms in total. The molecule has 1 aromatic heterocycles. The molecule has 0 bridgehead atoms. The average molecular weight is 327 g/mol. The van der Waals surface area contributed by atoms with E-state index in [2.05, 4.69) is 4.90 Å². The Morgan fingerprint density at radius 3 is 2.59 bits per heavy atom. The predicted octanol–water partition coefficient (Wildman–Crippen LogP) is 1.69. The van der Waals surface area contributed by atoms with Crippen molar-refractivity contribution < 1.29 is 22.7 Å². The van der Waals surface area contributed by atoms with Crippen LogP contribution in [0.5, 0.6) is 0 Å². The highest BCUT2D eigenvalue weighted by Crippen LogP contribution is 2.34. The van der Waals surface area contributed by atoms with Crippen molar-refractivity contribution in [1.82, 2.24) is 4.90 Å². The van der Waals surface area contributed by atoms with E-state index < -0.39 is 15.8 Å². The molecular weight excluding hydrogens is 306 g/mol. The van der Waals surface area contributed by atoms with Crippen molar-refractivity contribution in [2.45, 2.75) is 51.2 Å². The number of hydrogen-bond donors (Lipinski definition) is 1. The molecule has 1 N–H and O–H groups in total. The molecule has 7 heteroatoms. The molecule has 0 aromatic carbocycles. The van der Waals surface area contributed by atoms with Gasteiger partial charge in [-0.15, -0.1) is 0 Å². The van der Waals surface area contributed by atoms with Gasteiger partial charge in [0.1, 0.15) is 5.76 Å². The summed E-state index contributed by atoms with van der Waals surface area (Å²) < 4.78 is 28.9. The quantitative estimate of drug-likeness (QED) is 0.855. The van der Waals surface area contributed by atoms with Crippen LogP contribution in [0.2, 0.25) is 0 Å². The first-order valence-electron chi connectivity index (χ1n) is 7.70. The van der Waals surface area contributed by atoms with Gasteiger partial charge >= 0.3 is 5.97 Å². The SMILES string of the molecule is CCc1oc(C(=O)O)cc1CN(C1CC1)C1CCS(=O)(=O)C1. The molecule has 2 aliphatic rings. The Hall–Kier alpha value is -1.34. The Bertz CT molecular complexity index is 674. The average Bonchev–Trinajstić information content (AvgIpc) is 3.10. The second kappa shape index (κ2) is 5.70. The minimum absolute atomic E-state index is 0.0401. The molecule has 22 heavy (non-hydrogen) atoms. The van der Waals surface area contributed by atoms with Crippen molar-refractivity contribution in [3.8, 4) is 0 Å². The third-order valence-corrected chi connectivity index (χ3v) is 6.23. The van der Waals surface area contributed by atoms with Crippen molar-refractivity contribution in [2.24, 2.45) is 0 Å². The first kappa shape index (κ1) is 15.6. The first-order chi connectivity index (χ1) is 10.4. The molecule has 0 spiro atoms. The highest BCUT2D eigenvalue weighted by Gasteiger charge is 2.39. The van der Waals surface area contributed by atoms with E-state index in [0.717, 1.165) is 18.4 Å². The van der Waals surface area contributed by atoms with E-state index in [0.29, 0.717) is 31.2 Å². The van der Waals surface area contributed by atoms with Gasteiger partial charge < -0.3 is 9.52 Å². The topological polar surface area (TPSA) is 87.8 Å². The highest BCUT2D eigenvalue weighted by molar-refractivity contribution is 7.91. The zero-order valence-electron chi connectivity index (χ0n) is 12.6. The molecule has 3 rings (SSSR count). The summed E-state index contributed by atoms with van der Waals surface area (Å²) in [6.45, 7) is 2.50. The van der Waals surface area contributed by atoms with Gasteiger partial charge in [0.05, 0.1) is 11.5 Å². The normalized spacial score (nSPS) is 24.0. The number of rotatable bonds is 6. The Labute approximate surface area is 130 Å². The van der Waals surface area contributed by atoms with Gasteiger partial charge in [-0.05, 0) is 25.3 Å². The minimum Gasteiger partial charge on any atom is -0.475 e. The number of hydrogen-bond acceptors (Lipinski definition) is 5. The first-order valence-corrected chi connectivity index (χ1v) is 9.53. The molecule has 1 unspecified atom stereocenters. The van der Waals surface area contributed by atoms with Crippen LogP contribution in [-0.4, -0.2) is 48.0 Å². The van der Waals surface area contributed by atoms with Crippen LogP contribution in [0.3, 0.4) is 0 Å². The molecule has 1 aliphatic heterocycles. The van der Waals surface area contributed by atoms with Gasteiger partial charge in [0.2, 0.25) is 5.76 Å². The summed E-state index contributed by atoms with van der Waals surface area (Å²) in [5, 5.41) is 9.07. The summed E-state index contributed by atoms with van der Waals surface area (Å²) in [6, 6.07) is 2.05. The third kappa shape index (κ3) is 3.20. The van der Waals surface area contributed by atoms with Crippen LogP contribution in [0.15, 0.2) is 10.5 Å². The minimum atomic E-state index is -2.92. The standard InChI is InChI=1S/C15H21NO5S/c1-2-13-10(7-14(21-13)15(17)18)8-16(11-3-4-11)12-5-6-22(19,20)9-12/h7,11-12H,2-6,8-9H2,1H3,(H,17,18). The maximum Gasteiger partial charge on any atom is 0.371 e. The lowest BCUT2D eigenvalue weighted by atomic mass is 10.1. The molecule has 1 saturated carbocycles. The van der Waals surface area contributed by atoms with Crippen LogP contribution in [0, 0.1) is 0 Å². The van der Waals surface area contributed by atoms with E-state index >= 15 is 0 Å². The summed E-state index contributed by atoms with van der Waals surface area (Å²) >= 11 is 0. The molecule has 1 aliphatic carbocycles. The van der Waals surface area contributed by atoms with Crippen LogP contribution in [0.25, 0.3) is 0 Å². The van der Waals surface area contributed by atoms with Crippen LogP contribution in [0.1, 0.15) is 48.1 Å². The monoisotopic (exact) mass is 327 g/mol. The molecule has 1 atom stereocenters. The van der Waals surface area contributed by atoms with Gasteiger partial charge in [-0.1, -0.05) is 6.92 Å². The van der Waals surface area contributed by atoms with Gasteiger partial charge in [-0.25, -0.2) is 13.2 Å². The molecule has 0 radical (unpaired) electrons. The van der Waals surface area contributed by atoms with E-state index in [4.69, 9.17) is 9.52 Å². The van der Waals surface area contributed by atoms with Crippen LogP contribution in [0.4, 0.5) is 0 Å². The molecule has 2 fully saturated rings. The molecular formula is C15H21NO5S. The number of sulfone groups is 1.